The molecule has 2 rings (SSSR count). The zero-order valence-corrected chi connectivity index (χ0v) is 18.9. The number of carboxylic acid groups (broad SMARTS) is 3. The maximum absolute atomic E-state index is 13.1. The Balaban J connectivity index is 2.27. The summed E-state index contributed by atoms with van der Waals surface area (Å²) in [6.45, 7) is 0.348. The number of aliphatic carboxylic acids is 3. The lowest BCUT2D eigenvalue weighted by Gasteiger charge is -2.31. The summed E-state index contributed by atoms with van der Waals surface area (Å²) in [7, 11) is 0. The van der Waals surface area contributed by atoms with Crippen LogP contribution in [0.1, 0.15) is 11.4 Å². The minimum absolute atomic E-state index is 0.0423. The normalized spacial score (nSPS) is 17.9. The van der Waals surface area contributed by atoms with Gasteiger partial charge in [0, 0.05) is 58.2 Å². The average molecular weight is 503 g/mol. The van der Waals surface area contributed by atoms with E-state index < -0.39 is 29.8 Å². The Morgan fingerprint density at radius 3 is 1.77 bits per heavy atom. The molecule has 0 fully saturated rings. The van der Waals surface area contributed by atoms with E-state index in [0.29, 0.717) is 0 Å². The molecule has 0 saturated heterocycles. The summed E-state index contributed by atoms with van der Waals surface area (Å²) in [4.78, 5) is 43.7. The van der Waals surface area contributed by atoms with Gasteiger partial charge in [0.2, 0.25) is 0 Å². The van der Waals surface area contributed by atoms with E-state index in [1.165, 1.54) is 34.3 Å². The monoisotopic (exact) mass is 503 g/mol. The molecule has 1 aromatic heterocycles. The van der Waals surface area contributed by atoms with Crippen LogP contribution in [0.5, 0.6) is 0 Å². The van der Waals surface area contributed by atoms with Crippen molar-refractivity contribution in [3.05, 3.63) is 42.0 Å². The summed E-state index contributed by atoms with van der Waals surface area (Å²) in [5.41, 5.74) is -0.851. The molecule has 0 atom stereocenters. The van der Waals surface area contributed by atoms with Crippen LogP contribution in [-0.4, -0.2) is 117 Å². The van der Waals surface area contributed by atoms with E-state index in [2.05, 4.69) is 4.98 Å². The highest BCUT2D eigenvalue weighted by Gasteiger charge is 2.32. The summed E-state index contributed by atoms with van der Waals surface area (Å²) >= 11 is 0. The van der Waals surface area contributed by atoms with Crippen molar-refractivity contribution in [1.29, 1.82) is 0 Å². The smallest absolute Gasteiger partial charge is 0.433 e. The van der Waals surface area contributed by atoms with Gasteiger partial charge in [0.05, 0.1) is 12.2 Å². The van der Waals surface area contributed by atoms with Crippen LogP contribution in [0, 0.1) is 0 Å². The molecule has 3 N–H and O–H groups in total. The van der Waals surface area contributed by atoms with Crippen LogP contribution in [-0.2, 0) is 27.1 Å². The quantitative estimate of drug-likeness (QED) is 0.458. The summed E-state index contributed by atoms with van der Waals surface area (Å²) in [5.74, 6) is -3.28. The maximum atomic E-state index is 13.1. The second-order valence-electron chi connectivity index (χ2n) is 7.98. The lowest BCUT2D eigenvalue weighted by atomic mass is 10.2. The molecule has 0 unspecified atom stereocenters. The molecule has 14 heteroatoms. The first-order valence-corrected chi connectivity index (χ1v) is 10.7. The van der Waals surface area contributed by atoms with Crippen molar-refractivity contribution in [2.24, 2.45) is 0 Å². The van der Waals surface area contributed by atoms with E-state index in [1.54, 1.807) is 9.80 Å². The fourth-order valence-electron chi connectivity index (χ4n) is 3.46. The zero-order valence-electron chi connectivity index (χ0n) is 18.9. The Bertz CT molecular complexity index is 914. The number of hydrogen-bond acceptors (Lipinski definition) is 8. The highest BCUT2D eigenvalue weighted by atomic mass is 19.4. The van der Waals surface area contributed by atoms with E-state index in [-0.39, 0.29) is 71.1 Å². The molecule has 2 heterocycles. The fraction of sp³-hybridized carbons (Fsp3) is 0.524. The van der Waals surface area contributed by atoms with E-state index in [9.17, 15) is 37.8 Å². The molecule has 1 aromatic rings. The molecule has 0 amide bonds. The fourth-order valence-corrected chi connectivity index (χ4v) is 3.46. The SMILES string of the molecule is O=C(O)CN1/C=C\N(CC(=O)O)CCN(Cc2cccc(C(F)(F)F)n2)CCN(CC(=O)O)CC1. The third-order valence-electron chi connectivity index (χ3n) is 5.15. The van der Waals surface area contributed by atoms with E-state index in [1.807, 2.05) is 0 Å². The molecule has 0 bridgehead atoms. The van der Waals surface area contributed by atoms with Gasteiger partial charge in [0.15, 0.2) is 0 Å². The molecule has 0 aromatic carbocycles. The third-order valence-corrected chi connectivity index (χ3v) is 5.15. The molecule has 194 valence electrons. The molecule has 0 spiro atoms. The zero-order chi connectivity index (χ0) is 26.0. The second-order valence-corrected chi connectivity index (χ2v) is 7.98. The van der Waals surface area contributed by atoms with Crippen molar-refractivity contribution < 1.29 is 42.9 Å². The lowest BCUT2D eigenvalue weighted by Crippen LogP contribution is -2.44. The summed E-state index contributed by atoms with van der Waals surface area (Å²) in [6.07, 6.45) is -1.71. The first-order chi connectivity index (χ1) is 16.4. The second kappa shape index (κ2) is 12.9. The number of halogens is 3. The number of rotatable bonds is 8. The van der Waals surface area contributed by atoms with Crippen LogP contribution in [0.2, 0.25) is 0 Å². The predicted octanol–water partition coefficient (Wildman–Crippen LogP) is 0.547. The number of pyridine rings is 1. The Hall–Kier alpha value is -3.39. The van der Waals surface area contributed by atoms with Crippen molar-refractivity contribution in [2.75, 3.05) is 58.9 Å². The molecule has 1 aliphatic rings. The van der Waals surface area contributed by atoms with Crippen LogP contribution < -0.4 is 0 Å². The summed E-state index contributed by atoms with van der Waals surface area (Å²) < 4.78 is 39.2. The van der Waals surface area contributed by atoms with Gasteiger partial charge in [-0.05, 0) is 12.1 Å². The van der Waals surface area contributed by atoms with Crippen LogP contribution >= 0.6 is 0 Å². The Labute approximate surface area is 199 Å². The van der Waals surface area contributed by atoms with Gasteiger partial charge >= 0.3 is 24.1 Å². The molecular formula is C21H28F3N5O6. The van der Waals surface area contributed by atoms with E-state index in [4.69, 9.17) is 5.11 Å². The molecule has 0 saturated carbocycles. The Morgan fingerprint density at radius 2 is 1.26 bits per heavy atom. The molecule has 0 radical (unpaired) electrons. The topological polar surface area (TPSA) is 138 Å². The van der Waals surface area contributed by atoms with Gasteiger partial charge in [0.1, 0.15) is 18.8 Å². The first kappa shape index (κ1) is 27.9. The van der Waals surface area contributed by atoms with Crippen molar-refractivity contribution in [2.45, 2.75) is 12.7 Å². The van der Waals surface area contributed by atoms with Crippen LogP contribution in [0.3, 0.4) is 0 Å². The highest BCUT2D eigenvalue weighted by molar-refractivity contribution is 5.70. The maximum Gasteiger partial charge on any atom is 0.433 e. The van der Waals surface area contributed by atoms with Gasteiger partial charge in [-0.25, -0.2) is 4.98 Å². The van der Waals surface area contributed by atoms with Crippen LogP contribution in [0.4, 0.5) is 13.2 Å². The van der Waals surface area contributed by atoms with Gasteiger partial charge < -0.3 is 25.1 Å². The number of carbonyl (C=O) groups is 3. The minimum Gasteiger partial charge on any atom is -0.480 e. The lowest BCUT2D eigenvalue weighted by molar-refractivity contribution is -0.141. The van der Waals surface area contributed by atoms with Gasteiger partial charge in [-0.15, -0.1) is 0 Å². The Kier molecular flexibility index (Phi) is 10.3. The van der Waals surface area contributed by atoms with Crippen molar-refractivity contribution in [3.63, 3.8) is 0 Å². The van der Waals surface area contributed by atoms with Crippen LogP contribution in [0.15, 0.2) is 30.6 Å². The Morgan fingerprint density at radius 1 is 0.771 bits per heavy atom. The van der Waals surface area contributed by atoms with Crippen molar-refractivity contribution in [3.8, 4) is 0 Å². The van der Waals surface area contributed by atoms with Crippen LogP contribution in [0.25, 0.3) is 0 Å². The van der Waals surface area contributed by atoms with Crippen molar-refractivity contribution in [1.82, 2.24) is 24.6 Å². The largest absolute Gasteiger partial charge is 0.480 e. The third kappa shape index (κ3) is 10.6. The van der Waals surface area contributed by atoms with Gasteiger partial charge in [0.25, 0.3) is 0 Å². The molecule has 11 nitrogen and oxygen atoms in total. The highest BCUT2D eigenvalue weighted by Crippen LogP contribution is 2.27. The number of nitrogens with zero attached hydrogens (tertiary/aromatic N) is 5. The molecule has 0 aliphatic carbocycles. The number of carboxylic acids is 3. The molecule has 1 aliphatic heterocycles. The van der Waals surface area contributed by atoms with Gasteiger partial charge in [-0.2, -0.15) is 13.2 Å². The summed E-state index contributed by atoms with van der Waals surface area (Å²) in [6, 6.07) is 3.59. The number of alkyl halides is 3. The number of aromatic nitrogens is 1. The standard InChI is InChI=1S/C21H28F3N5O6/c22-21(23,24)17-3-1-2-16(25-17)12-26-4-6-27(13-18(30)31)8-10-29(15-20(34)35)11-9-28(7-5-26)14-19(32)33/h1-3,8,10H,4-7,9,11-15H2,(H,30,31)(H,32,33)(H,34,35)/b10-8-. The van der Waals surface area contributed by atoms with Crippen molar-refractivity contribution >= 4 is 17.9 Å². The summed E-state index contributed by atoms with van der Waals surface area (Å²) in [5, 5.41) is 27.6. The first-order valence-electron chi connectivity index (χ1n) is 10.7. The minimum atomic E-state index is -4.60. The predicted molar refractivity (Wildman–Crippen MR) is 116 cm³/mol. The van der Waals surface area contributed by atoms with E-state index >= 15 is 0 Å². The number of hydrogen-bond donors (Lipinski definition) is 3. The van der Waals surface area contributed by atoms with E-state index in [0.717, 1.165) is 6.07 Å². The van der Waals surface area contributed by atoms with Gasteiger partial charge in [-0.3, -0.25) is 24.2 Å². The molecule has 35 heavy (non-hydrogen) atoms. The van der Waals surface area contributed by atoms with Gasteiger partial charge in [-0.1, -0.05) is 6.07 Å². The molecular weight excluding hydrogens is 475 g/mol. The average Bonchev–Trinajstić information content (AvgIpc) is 2.74.